The molecule has 1 atom stereocenters. The Morgan fingerprint density at radius 1 is 1.53 bits per heavy atom. The van der Waals surface area contributed by atoms with E-state index in [2.05, 4.69) is 0 Å². The number of benzene rings is 1. The van der Waals surface area contributed by atoms with Crippen molar-refractivity contribution < 1.29 is 13.7 Å². The van der Waals surface area contributed by atoms with Crippen LogP contribution in [0.5, 0.6) is 0 Å². The molecule has 0 saturated carbocycles. The zero-order valence-electron chi connectivity index (χ0n) is 7.82. The Balaban J connectivity index is 3.10. The van der Waals surface area contributed by atoms with Crippen molar-refractivity contribution in [2.75, 3.05) is 6.67 Å². The van der Waals surface area contributed by atoms with Crippen molar-refractivity contribution in [3.63, 3.8) is 0 Å². The first-order valence-electron chi connectivity index (χ1n) is 4.31. The average Bonchev–Trinajstić information content (AvgIpc) is 2.17. The molecule has 15 heavy (non-hydrogen) atoms. The first-order valence-corrected chi connectivity index (χ1v) is 4.31. The van der Waals surface area contributed by atoms with E-state index in [1.54, 1.807) is 0 Å². The number of rotatable bonds is 4. The molecule has 1 rings (SSSR count). The lowest BCUT2D eigenvalue weighted by Crippen LogP contribution is -2.13. The van der Waals surface area contributed by atoms with Crippen LogP contribution in [0.2, 0.25) is 0 Å². The quantitative estimate of drug-likeness (QED) is 0.618. The Hall–Kier alpha value is -1.56. The van der Waals surface area contributed by atoms with Crippen molar-refractivity contribution in [1.82, 2.24) is 0 Å². The monoisotopic (exact) mass is 216 g/mol. The van der Waals surface area contributed by atoms with E-state index in [1.165, 1.54) is 6.07 Å². The average molecular weight is 216 g/mol. The summed E-state index contributed by atoms with van der Waals surface area (Å²) < 4.78 is 24.8. The SMILES string of the molecule is N[C@@H](CCF)c1ccc(F)cc1[N+](=O)[O-]. The minimum absolute atomic E-state index is 0.0214. The van der Waals surface area contributed by atoms with Crippen LogP contribution in [0.15, 0.2) is 18.2 Å². The zero-order valence-corrected chi connectivity index (χ0v) is 7.82. The molecule has 0 aliphatic carbocycles. The molecule has 4 nitrogen and oxygen atoms in total. The fraction of sp³-hybridized carbons (Fsp3) is 0.333. The van der Waals surface area contributed by atoms with E-state index in [4.69, 9.17) is 5.73 Å². The lowest BCUT2D eigenvalue weighted by molar-refractivity contribution is -0.385. The van der Waals surface area contributed by atoms with E-state index in [0.717, 1.165) is 12.1 Å². The molecule has 82 valence electrons. The lowest BCUT2D eigenvalue weighted by Gasteiger charge is -2.09. The largest absolute Gasteiger partial charge is 0.324 e. The number of nitrogens with zero attached hydrogens (tertiary/aromatic N) is 1. The Morgan fingerprint density at radius 2 is 2.20 bits per heavy atom. The molecular weight excluding hydrogens is 206 g/mol. The summed E-state index contributed by atoms with van der Waals surface area (Å²) in [4.78, 5) is 9.85. The number of nitro groups is 1. The molecule has 0 fully saturated rings. The molecule has 0 aromatic heterocycles. The molecule has 6 heteroatoms. The fourth-order valence-electron chi connectivity index (χ4n) is 1.26. The van der Waals surface area contributed by atoms with Gasteiger partial charge >= 0.3 is 0 Å². The lowest BCUT2D eigenvalue weighted by atomic mass is 10.0. The maximum absolute atomic E-state index is 12.7. The van der Waals surface area contributed by atoms with Gasteiger partial charge in [0.05, 0.1) is 17.7 Å². The number of nitrogens with two attached hydrogens (primary N) is 1. The Bertz CT molecular complexity index is 371. The maximum Gasteiger partial charge on any atom is 0.277 e. The van der Waals surface area contributed by atoms with E-state index >= 15 is 0 Å². The second-order valence-corrected chi connectivity index (χ2v) is 3.04. The molecule has 1 aromatic carbocycles. The third kappa shape index (κ3) is 2.69. The van der Waals surface area contributed by atoms with Gasteiger partial charge in [-0.25, -0.2) is 4.39 Å². The minimum atomic E-state index is -0.781. The number of halogens is 2. The smallest absolute Gasteiger partial charge is 0.277 e. The van der Waals surface area contributed by atoms with Crippen LogP contribution >= 0.6 is 0 Å². The zero-order chi connectivity index (χ0) is 11.4. The van der Waals surface area contributed by atoms with Gasteiger partial charge < -0.3 is 5.73 Å². The summed E-state index contributed by atoms with van der Waals surface area (Å²) in [5, 5.41) is 10.6. The Morgan fingerprint density at radius 3 is 2.73 bits per heavy atom. The van der Waals surface area contributed by atoms with Gasteiger partial charge in [0, 0.05) is 11.6 Å². The van der Waals surface area contributed by atoms with Gasteiger partial charge in [-0.15, -0.1) is 0 Å². The van der Waals surface area contributed by atoms with E-state index in [9.17, 15) is 18.9 Å². The highest BCUT2D eigenvalue weighted by Crippen LogP contribution is 2.26. The highest BCUT2D eigenvalue weighted by molar-refractivity contribution is 5.42. The molecule has 0 radical (unpaired) electrons. The maximum atomic E-state index is 12.7. The topological polar surface area (TPSA) is 69.2 Å². The van der Waals surface area contributed by atoms with Gasteiger partial charge in [-0.3, -0.25) is 14.5 Å². The predicted molar refractivity (Wildman–Crippen MR) is 50.6 cm³/mol. The van der Waals surface area contributed by atoms with Gasteiger partial charge in [-0.1, -0.05) is 0 Å². The Labute approximate surface area is 84.9 Å². The van der Waals surface area contributed by atoms with Crippen LogP contribution in [-0.2, 0) is 0 Å². The molecule has 0 amide bonds. The molecule has 0 unspecified atom stereocenters. The van der Waals surface area contributed by atoms with Crippen LogP contribution in [0, 0.1) is 15.9 Å². The van der Waals surface area contributed by atoms with Gasteiger partial charge in [0.15, 0.2) is 0 Å². The summed E-state index contributed by atoms with van der Waals surface area (Å²) in [6.07, 6.45) is -0.0214. The predicted octanol–water partition coefficient (Wildman–Crippen LogP) is 2.09. The van der Waals surface area contributed by atoms with Crippen LogP contribution in [0.4, 0.5) is 14.5 Å². The van der Waals surface area contributed by atoms with Crippen LogP contribution in [0.25, 0.3) is 0 Å². The van der Waals surface area contributed by atoms with Crippen LogP contribution in [0.1, 0.15) is 18.0 Å². The normalized spacial score (nSPS) is 12.5. The molecule has 0 aliphatic rings. The summed E-state index contributed by atoms with van der Waals surface area (Å²) in [5.74, 6) is -0.710. The van der Waals surface area contributed by atoms with E-state index in [-0.39, 0.29) is 12.0 Å². The van der Waals surface area contributed by atoms with E-state index in [0.29, 0.717) is 0 Å². The van der Waals surface area contributed by atoms with Crippen LogP contribution in [0.3, 0.4) is 0 Å². The molecule has 0 spiro atoms. The third-order valence-electron chi connectivity index (χ3n) is 2.01. The second kappa shape index (κ2) is 4.79. The minimum Gasteiger partial charge on any atom is -0.324 e. The number of alkyl halides is 1. The van der Waals surface area contributed by atoms with Crippen LogP contribution in [-0.4, -0.2) is 11.6 Å². The summed E-state index contributed by atoms with van der Waals surface area (Å²) in [5.41, 5.74) is 5.27. The second-order valence-electron chi connectivity index (χ2n) is 3.04. The van der Waals surface area contributed by atoms with Gasteiger partial charge in [0.25, 0.3) is 5.69 Å². The van der Waals surface area contributed by atoms with Crippen molar-refractivity contribution in [3.8, 4) is 0 Å². The van der Waals surface area contributed by atoms with Gasteiger partial charge in [-0.05, 0) is 18.6 Å². The summed E-state index contributed by atoms with van der Waals surface area (Å²) >= 11 is 0. The van der Waals surface area contributed by atoms with Crippen LogP contribution < -0.4 is 5.73 Å². The fourth-order valence-corrected chi connectivity index (χ4v) is 1.26. The van der Waals surface area contributed by atoms with Gasteiger partial charge in [0.1, 0.15) is 5.82 Å². The van der Waals surface area contributed by atoms with E-state index in [1.807, 2.05) is 0 Å². The molecule has 2 N–H and O–H groups in total. The molecular formula is C9H10F2N2O2. The van der Waals surface area contributed by atoms with Crippen molar-refractivity contribution in [1.29, 1.82) is 0 Å². The van der Waals surface area contributed by atoms with Gasteiger partial charge in [0.2, 0.25) is 0 Å². The standard InChI is InChI=1S/C9H10F2N2O2/c10-4-3-8(12)7-2-1-6(11)5-9(7)13(14)15/h1-2,5,8H,3-4,12H2/t8-/m0/s1. The molecule has 0 bridgehead atoms. The Kier molecular flexibility index (Phi) is 3.68. The van der Waals surface area contributed by atoms with Gasteiger partial charge in [-0.2, -0.15) is 0 Å². The highest BCUT2D eigenvalue weighted by atomic mass is 19.1. The highest BCUT2D eigenvalue weighted by Gasteiger charge is 2.19. The number of hydrogen-bond acceptors (Lipinski definition) is 3. The molecule has 0 saturated heterocycles. The summed E-state index contributed by atoms with van der Waals surface area (Å²) in [6, 6.07) is 2.29. The van der Waals surface area contributed by atoms with Crippen molar-refractivity contribution in [3.05, 3.63) is 39.7 Å². The van der Waals surface area contributed by atoms with Crippen molar-refractivity contribution in [2.24, 2.45) is 5.73 Å². The summed E-state index contributed by atoms with van der Waals surface area (Å²) in [7, 11) is 0. The van der Waals surface area contributed by atoms with E-state index < -0.39 is 29.1 Å². The molecule has 0 heterocycles. The number of hydrogen-bond donors (Lipinski definition) is 1. The van der Waals surface area contributed by atoms with Crippen molar-refractivity contribution >= 4 is 5.69 Å². The first-order chi connectivity index (χ1) is 7.06. The number of nitro benzene ring substituents is 1. The molecule has 1 aromatic rings. The van der Waals surface area contributed by atoms with Crippen molar-refractivity contribution in [2.45, 2.75) is 12.5 Å². The first kappa shape index (κ1) is 11.5. The summed E-state index contributed by atoms with van der Waals surface area (Å²) in [6.45, 7) is -0.671. The molecule has 0 aliphatic heterocycles. The third-order valence-corrected chi connectivity index (χ3v) is 2.01.